The van der Waals surface area contributed by atoms with Gasteiger partial charge in [0.1, 0.15) is 5.60 Å². The van der Waals surface area contributed by atoms with E-state index in [1.807, 2.05) is 30.5 Å². The summed E-state index contributed by atoms with van der Waals surface area (Å²) >= 11 is 0. The molecule has 0 saturated carbocycles. The summed E-state index contributed by atoms with van der Waals surface area (Å²) < 4.78 is 2.13. The lowest BCUT2D eigenvalue weighted by Gasteiger charge is -2.38. The summed E-state index contributed by atoms with van der Waals surface area (Å²) in [6.45, 7) is 3.48. The van der Waals surface area contributed by atoms with Gasteiger partial charge in [-0.3, -0.25) is 4.79 Å². The van der Waals surface area contributed by atoms with Crippen LogP contribution in [0.5, 0.6) is 0 Å². The predicted molar refractivity (Wildman–Crippen MR) is 84.8 cm³/mol. The first kappa shape index (κ1) is 15.1. The maximum Gasteiger partial charge on any atom is 0.253 e. The zero-order chi connectivity index (χ0) is 15.7. The van der Waals surface area contributed by atoms with Gasteiger partial charge in [0.15, 0.2) is 0 Å². The molecule has 1 aliphatic rings. The Balaban J connectivity index is 1.85. The van der Waals surface area contributed by atoms with E-state index >= 15 is 0 Å². The number of hydrogen-bond acceptors (Lipinski definition) is 3. The van der Waals surface area contributed by atoms with Gasteiger partial charge in [-0.2, -0.15) is 0 Å². The molecular formula is C17H22N2O3. The summed E-state index contributed by atoms with van der Waals surface area (Å²) in [5.74, 6) is -0.0854. The smallest absolute Gasteiger partial charge is 0.253 e. The van der Waals surface area contributed by atoms with Crippen LogP contribution < -0.4 is 0 Å². The van der Waals surface area contributed by atoms with E-state index in [-0.39, 0.29) is 19.1 Å². The number of nitrogens with zero attached hydrogens (tertiary/aromatic N) is 2. The molecule has 1 aromatic heterocycles. The lowest BCUT2D eigenvalue weighted by molar-refractivity contribution is -0.0598. The number of β-amino-alcohol motifs (C(OH)–C–C–N with tert-alkyl or cyclic N) is 1. The highest BCUT2D eigenvalue weighted by Crippen LogP contribution is 2.24. The lowest BCUT2D eigenvalue weighted by Crippen LogP contribution is -2.52. The second-order valence-electron chi connectivity index (χ2n) is 6.09. The van der Waals surface area contributed by atoms with E-state index in [4.69, 9.17) is 0 Å². The first-order valence-corrected chi connectivity index (χ1v) is 7.78. The number of rotatable bonds is 3. The van der Waals surface area contributed by atoms with Crippen molar-refractivity contribution in [1.29, 1.82) is 0 Å². The maximum absolute atomic E-state index is 12.6. The molecule has 1 aromatic carbocycles. The molecule has 5 nitrogen and oxygen atoms in total. The van der Waals surface area contributed by atoms with Crippen LogP contribution in [0.15, 0.2) is 30.5 Å². The molecule has 2 heterocycles. The number of aromatic nitrogens is 1. The molecule has 1 aliphatic heterocycles. The van der Waals surface area contributed by atoms with E-state index in [0.717, 1.165) is 17.4 Å². The highest BCUT2D eigenvalue weighted by molar-refractivity contribution is 5.98. The quantitative estimate of drug-likeness (QED) is 0.905. The Morgan fingerprint density at radius 3 is 2.91 bits per heavy atom. The number of benzene rings is 1. The van der Waals surface area contributed by atoms with Crippen molar-refractivity contribution in [3.63, 3.8) is 0 Å². The number of carbonyl (C=O) groups is 1. The molecule has 5 heteroatoms. The van der Waals surface area contributed by atoms with Crippen molar-refractivity contribution in [2.24, 2.45) is 0 Å². The zero-order valence-electron chi connectivity index (χ0n) is 12.8. The monoisotopic (exact) mass is 302 g/mol. The summed E-state index contributed by atoms with van der Waals surface area (Å²) in [7, 11) is 0. The van der Waals surface area contributed by atoms with Gasteiger partial charge >= 0.3 is 0 Å². The molecule has 22 heavy (non-hydrogen) atoms. The van der Waals surface area contributed by atoms with Crippen LogP contribution in [-0.4, -0.2) is 50.9 Å². The van der Waals surface area contributed by atoms with Gasteiger partial charge in [-0.05, 0) is 44.0 Å². The maximum atomic E-state index is 12.6. The average molecular weight is 302 g/mol. The Morgan fingerprint density at radius 1 is 1.36 bits per heavy atom. The van der Waals surface area contributed by atoms with E-state index in [2.05, 4.69) is 11.5 Å². The van der Waals surface area contributed by atoms with E-state index in [9.17, 15) is 15.0 Å². The fourth-order valence-corrected chi connectivity index (χ4v) is 3.21. The molecule has 1 atom stereocenters. The van der Waals surface area contributed by atoms with Gasteiger partial charge in [0.25, 0.3) is 5.91 Å². The number of amides is 1. The van der Waals surface area contributed by atoms with Crippen molar-refractivity contribution < 1.29 is 15.0 Å². The molecule has 0 bridgehead atoms. The van der Waals surface area contributed by atoms with Gasteiger partial charge in [-0.25, -0.2) is 0 Å². The van der Waals surface area contributed by atoms with Gasteiger partial charge < -0.3 is 19.7 Å². The standard InChI is InChI=1S/C17H22N2O3/c1-2-18-9-6-13-10-14(4-5-15(13)18)16(21)19-8-3-7-17(22,11-19)12-20/h4-6,9-10,20,22H,2-3,7-8,11-12H2,1H3/t17-/m1/s1. The minimum atomic E-state index is -1.16. The third kappa shape index (κ3) is 2.62. The van der Waals surface area contributed by atoms with E-state index in [0.29, 0.717) is 24.9 Å². The number of piperidine rings is 1. The molecule has 2 N–H and O–H groups in total. The topological polar surface area (TPSA) is 65.7 Å². The minimum Gasteiger partial charge on any atom is -0.393 e. The Morgan fingerprint density at radius 2 is 2.18 bits per heavy atom. The normalized spacial score (nSPS) is 22.2. The summed E-state index contributed by atoms with van der Waals surface area (Å²) in [5.41, 5.74) is 0.580. The molecule has 1 amide bonds. The molecule has 0 unspecified atom stereocenters. The lowest BCUT2D eigenvalue weighted by atomic mass is 9.93. The Kier molecular flexibility index (Phi) is 3.93. The third-order valence-corrected chi connectivity index (χ3v) is 4.50. The van der Waals surface area contributed by atoms with E-state index in [1.165, 1.54) is 0 Å². The van der Waals surface area contributed by atoms with Crippen LogP contribution >= 0.6 is 0 Å². The predicted octanol–water partition coefficient (Wildman–Crippen LogP) is 1.62. The number of aryl methyl sites for hydroxylation is 1. The van der Waals surface area contributed by atoms with Crippen LogP contribution in [0.4, 0.5) is 0 Å². The van der Waals surface area contributed by atoms with Crippen LogP contribution in [0.25, 0.3) is 10.9 Å². The van der Waals surface area contributed by atoms with E-state index < -0.39 is 5.60 Å². The number of fused-ring (bicyclic) bond motifs is 1. The highest BCUT2D eigenvalue weighted by Gasteiger charge is 2.34. The first-order chi connectivity index (χ1) is 10.6. The minimum absolute atomic E-state index is 0.0854. The molecule has 1 fully saturated rings. The van der Waals surface area contributed by atoms with Gasteiger partial charge in [-0.15, -0.1) is 0 Å². The van der Waals surface area contributed by atoms with Gasteiger partial charge in [0.2, 0.25) is 0 Å². The van der Waals surface area contributed by atoms with Crippen molar-refractivity contribution >= 4 is 16.8 Å². The molecule has 0 aliphatic carbocycles. The second-order valence-corrected chi connectivity index (χ2v) is 6.09. The molecule has 1 saturated heterocycles. The molecule has 0 radical (unpaired) electrons. The van der Waals surface area contributed by atoms with Gasteiger partial charge in [0.05, 0.1) is 13.2 Å². The van der Waals surface area contributed by atoms with Crippen molar-refractivity contribution in [3.05, 3.63) is 36.0 Å². The summed E-state index contributed by atoms with van der Waals surface area (Å²) in [6, 6.07) is 7.71. The fraction of sp³-hybridized carbons (Fsp3) is 0.471. The third-order valence-electron chi connectivity index (χ3n) is 4.50. The Labute approximate surface area is 129 Å². The number of likely N-dealkylation sites (tertiary alicyclic amines) is 1. The number of carbonyl (C=O) groups excluding carboxylic acids is 1. The fourth-order valence-electron chi connectivity index (χ4n) is 3.21. The average Bonchev–Trinajstić information content (AvgIpc) is 2.96. The van der Waals surface area contributed by atoms with Crippen molar-refractivity contribution in [3.8, 4) is 0 Å². The van der Waals surface area contributed by atoms with Crippen LogP contribution in [0.3, 0.4) is 0 Å². The molecule has 2 aromatic rings. The van der Waals surface area contributed by atoms with Gasteiger partial charge in [0, 0.05) is 35.8 Å². The second kappa shape index (κ2) is 5.74. The number of hydrogen-bond donors (Lipinski definition) is 2. The number of aliphatic hydroxyl groups excluding tert-OH is 1. The highest BCUT2D eigenvalue weighted by atomic mass is 16.3. The summed E-state index contributed by atoms with van der Waals surface area (Å²) in [4.78, 5) is 14.3. The largest absolute Gasteiger partial charge is 0.393 e. The van der Waals surface area contributed by atoms with Crippen molar-refractivity contribution in [2.45, 2.75) is 31.9 Å². The number of aliphatic hydroxyl groups is 2. The van der Waals surface area contributed by atoms with Crippen molar-refractivity contribution in [2.75, 3.05) is 19.7 Å². The van der Waals surface area contributed by atoms with Crippen LogP contribution in [0.2, 0.25) is 0 Å². The SMILES string of the molecule is CCn1ccc2cc(C(=O)N3CCC[C@](O)(CO)C3)ccc21. The van der Waals surface area contributed by atoms with Crippen LogP contribution in [-0.2, 0) is 6.54 Å². The molecule has 118 valence electrons. The van der Waals surface area contributed by atoms with Crippen molar-refractivity contribution in [1.82, 2.24) is 9.47 Å². The summed E-state index contributed by atoms with van der Waals surface area (Å²) in [6.07, 6.45) is 3.26. The van der Waals surface area contributed by atoms with Gasteiger partial charge in [-0.1, -0.05) is 0 Å². The molecular weight excluding hydrogens is 280 g/mol. The first-order valence-electron chi connectivity index (χ1n) is 7.78. The Hall–Kier alpha value is -1.85. The molecule has 0 spiro atoms. The molecule has 3 rings (SSSR count). The summed E-state index contributed by atoms with van der Waals surface area (Å²) in [5, 5.41) is 20.6. The van der Waals surface area contributed by atoms with Crippen LogP contribution in [0.1, 0.15) is 30.1 Å². The van der Waals surface area contributed by atoms with Crippen LogP contribution in [0, 0.1) is 0 Å². The van der Waals surface area contributed by atoms with E-state index in [1.54, 1.807) is 4.90 Å². The zero-order valence-corrected chi connectivity index (χ0v) is 12.8. The Bertz CT molecular complexity index is 694.